The van der Waals surface area contributed by atoms with Crippen LogP contribution in [0.3, 0.4) is 0 Å². The second kappa shape index (κ2) is 8.96. The number of methoxy groups -OCH3 is 1. The fraction of sp³-hybridized carbons (Fsp3) is 0.133. The van der Waals surface area contributed by atoms with E-state index in [1.807, 2.05) is 0 Å². The Hall–Kier alpha value is -3.18. The van der Waals surface area contributed by atoms with Crippen LogP contribution in [-0.2, 0) is 9.53 Å². The average molecular weight is 414 g/mol. The first kappa shape index (κ1) is 20.1. The van der Waals surface area contributed by atoms with Crippen LogP contribution in [0.25, 0.3) is 0 Å². The normalized spacial score (nSPS) is 10.0. The largest absolute Gasteiger partial charge is 0.496 e. The van der Waals surface area contributed by atoms with Crippen LogP contribution in [0.15, 0.2) is 30.3 Å². The van der Waals surface area contributed by atoms with Gasteiger partial charge >= 0.3 is 11.0 Å². The Kier molecular flexibility index (Phi) is 6.68. The summed E-state index contributed by atoms with van der Waals surface area (Å²) in [6, 6.07) is 6.74. The average Bonchev–Trinajstić information content (AvgIpc) is 3.14. The fourth-order valence-corrected chi connectivity index (χ4v) is 2.71. The molecule has 1 heterocycles. The summed E-state index contributed by atoms with van der Waals surface area (Å²) in [4.78, 5) is 45.4. The number of nitrogens with one attached hydrogen (secondary N) is 2. The van der Waals surface area contributed by atoms with Crippen LogP contribution < -0.4 is 15.6 Å². The summed E-state index contributed by atoms with van der Waals surface area (Å²) < 4.78 is 9.75. The van der Waals surface area contributed by atoms with Gasteiger partial charge in [-0.15, -0.1) is 0 Å². The van der Waals surface area contributed by atoms with E-state index in [4.69, 9.17) is 21.1 Å². The lowest BCUT2D eigenvalue weighted by molar-refractivity contribution is -0.380. The number of amides is 2. The summed E-state index contributed by atoms with van der Waals surface area (Å²) in [5, 5.41) is 10.6. The molecule has 1 aromatic heterocycles. The molecule has 2 N–H and O–H groups in total. The zero-order valence-electron chi connectivity index (χ0n) is 13.7. The van der Waals surface area contributed by atoms with Crippen molar-refractivity contribution in [2.24, 2.45) is 0 Å². The fourth-order valence-electron chi connectivity index (χ4n) is 1.83. The van der Waals surface area contributed by atoms with Gasteiger partial charge in [-0.2, -0.15) is 0 Å². The van der Waals surface area contributed by atoms with Gasteiger partial charge in [-0.05, 0) is 24.3 Å². The van der Waals surface area contributed by atoms with Crippen LogP contribution in [0.1, 0.15) is 20.0 Å². The van der Waals surface area contributed by atoms with Crippen molar-refractivity contribution in [3.05, 3.63) is 55.9 Å². The smallest absolute Gasteiger partial charge is 0.349 e. The van der Waals surface area contributed by atoms with Gasteiger partial charge in [-0.3, -0.25) is 30.6 Å². The molecule has 0 aliphatic heterocycles. The molecule has 0 unspecified atom stereocenters. The zero-order valence-corrected chi connectivity index (χ0v) is 15.3. The molecule has 27 heavy (non-hydrogen) atoms. The monoisotopic (exact) mass is 413 g/mol. The maximum Gasteiger partial charge on any atom is 0.349 e. The number of carbonyl (C=O) groups excluding carboxylic acids is 3. The number of benzene rings is 1. The molecule has 10 nitrogen and oxygen atoms in total. The minimum atomic E-state index is -0.897. The molecular formula is C15H12ClN3O7S. The summed E-state index contributed by atoms with van der Waals surface area (Å²) in [5.74, 6) is -2.16. The lowest BCUT2D eigenvalue weighted by Gasteiger charge is -2.10. The number of carbonyl (C=O) groups is 3. The lowest BCUT2D eigenvalue weighted by atomic mass is 10.2. The highest BCUT2D eigenvalue weighted by molar-refractivity contribution is 7.17. The molecule has 142 valence electrons. The SMILES string of the molecule is COc1ccc(Cl)cc1C(=O)NNC(=O)COC(=O)c1ccc([N+](=O)[O-])s1. The highest BCUT2D eigenvalue weighted by atomic mass is 35.5. The van der Waals surface area contributed by atoms with Crippen molar-refractivity contribution in [1.82, 2.24) is 10.9 Å². The number of hydrazine groups is 1. The Bertz CT molecular complexity index is 899. The van der Waals surface area contributed by atoms with E-state index < -0.39 is 29.3 Å². The van der Waals surface area contributed by atoms with E-state index in [-0.39, 0.29) is 21.2 Å². The first-order valence-corrected chi connectivity index (χ1v) is 8.35. The highest BCUT2D eigenvalue weighted by Gasteiger charge is 2.18. The van der Waals surface area contributed by atoms with Crippen molar-refractivity contribution in [2.45, 2.75) is 0 Å². The van der Waals surface area contributed by atoms with Gasteiger partial charge in [0.1, 0.15) is 10.6 Å². The van der Waals surface area contributed by atoms with Gasteiger partial charge in [0.25, 0.3) is 11.8 Å². The summed E-state index contributed by atoms with van der Waals surface area (Å²) >= 11 is 6.44. The molecule has 1 aromatic carbocycles. The Morgan fingerprint density at radius 3 is 2.59 bits per heavy atom. The Morgan fingerprint density at radius 2 is 1.96 bits per heavy atom. The standard InChI is InChI=1S/C15H12ClN3O7S/c1-25-10-3-2-8(16)6-9(10)14(21)18-17-12(20)7-26-15(22)11-4-5-13(27-11)19(23)24/h2-6H,7H2,1H3,(H,17,20)(H,18,21). The van der Waals surface area contributed by atoms with E-state index in [0.29, 0.717) is 16.4 Å². The number of halogens is 1. The Labute approximate surface area is 161 Å². The van der Waals surface area contributed by atoms with E-state index in [0.717, 1.165) is 6.07 Å². The van der Waals surface area contributed by atoms with Gasteiger partial charge in [0.2, 0.25) is 0 Å². The quantitative estimate of drug-likeness (QED) is 0.419. The Morgan fingerprint density at radius 1 is 1.22 bits per heavy atom. The van der Waals surface area contributed by atoms with E-state index >= 15 is 0 Å². The van der Waals surface area contributed by atoms with E-state index in [1.54, 1.807) is 0 Å². The molecule has 0 atom stereocenters. The van der Waals surface area contributed by atoms with Crippen molar-refractivity contribution in [2.75, 3.05) is 13.7 Å². The van der Waals surface area contributed by atoms with Gasteiger partial charge in [0, 0.05) is 11.1 Å². The third-order valence-electron chi connectivity index (χ3n) is 3.03. The predicted octanol–water partition coefficient (Wildman–Crippen LogP) is 1.94. The van der Waals surface area contributed by atoms with Crippen LogP contribution in [0.2, 0.25) is 5.02 Å². The molecule has 2 amide bonds. The van der Waals surface area contributed by atoms with Crippen molar-refractivity contribution in [3.63, 3.8) is 0 Å². The third-order valence-corrected chi connectivity index (χ3v) is 4.28. The summed E-state index contributed by atoms with van der Waals surface area (Å²) in [6.07, 6.45) is 0. The van der Waals surface area contributed by atoms with Crippen LogP contribution >= 0.6 is 22.9 Å². The molecule has 0 aliphatic rings. The molecule has 0 spiro atoms. The molecular weight excluding hydrogens is 402 g/mol. The minimum Gasteiger partial charge on any atom is -0.496 e. The summed E-state index contributed by atoms with van der Waals surface area (Å²) in [5.41, 5.74) is 4.28. The van der Waals surface area contributed by atoms with E-state index in [9.17, 15) is 24.5 Å². The Balaban J connectivity index is 1.85. The number of nitro groups is 1. The van der Waals surface area contributed by atoms with Crippen molar-refractivity contribution in [3.8, 4) is 5.75 Å². The summed E-state index contributed by atoms with van der Waals surface area (Å²) in [7, 11) is 1.37. The second-order valence-corrected chi connectivity index (χ2v) is 6.32. The second-order valence-electron chi connectivity index (χ2n) is 4.82. The van der Waals surface area contributed by atoms with E-state index in [2.05, 4.69) is 10.9 Å². The number of hydrogen-bond acceptors (Lipinski definition) is 8. The number of thiophene rings is 1. The lowest BCUT2D eigenvalue weighted by Crippen LogP contribution is -2.43. The maximum atomic E-state index is 12.1. The van der Waals surface area contributed by atoms with Crippen molar-refractivity contribution >= 4 is 45.7 Å². The molecule has 0 saturated heterocycles. The first-order valence-electron chi connectivity index (χ1n) is 7.16. The van der Waals surface area contributed by atoms with Gasteiger partial charge in [-0.1, -0.05) is 22.9 Å². The number of rotatable bonds is 6. The predicted molar refractivity (Wildman–Crippen MR) is 94.9 cm³/mol. The molecule has 2 rings (SSSR count). The van der Waals surface area contributed by atoms with Crippen LogP contribution in [0.5, 0.6) is 5.75 Å². The van der Waals surface area contributed by atoms with Crippen molar-refractivity contribution < 1.29 is 28.8 Å². The van der Waals surface area contributed by atoms with Crippen LogP contribution in [-0.4, -0.2) is 36.4 Å². The maximum absolute atomic E-state index is 12.1. The molecule has 0 aliphatic carbocycles. The molecule has 0 radical (unpaired) electrons. The molecule has 12 heteroatoms. The van der Waals surface area contributed by atoms with Gasteiger partial charge in [0.15, 0.2) is 6.61 Å². The van der Waals surface area contributed by atoms with Crippen molar-refractivity contribution in [1.29, 1.82) is 0 Å². The van der Waals surface area contributed by atoms with E-state index in [1.165, 1.54) is 31.4 Å². The van der Waals surface area contributed by atoms with Crippen LogP contribution in [0.4, 0.5) is 5.00 Å². The third kappa shape index (κ3) is 5.39. The van der Waals surface area contributed by atoms with Crippen LogP contribution in [0, 0.1) is 10.1 Å². The number of esters is 1. The number of hydrogen-bond donors (Lipinski definition) is 2. The molecule has 2 aromatic rings. The first-order chi connectivity index (χ1) is 12.8. The molecule has 0 saturated carbocycles. The highest BCUT2D eigenvalue weighted by Crippen LogP contribution is 2.24. The number of nitrogens with zero attached hydrogens (tertiary/aromatic N) is 1. The number of ether oxygens (including phenoxy) is 2. The zero-order chi connectivity index (χ0) is 20.0. The van der Waals surface area contributed by atoms with Gasteiger partial charge < -0.3 is 9.47 Å². The summed E-state index contributed by atoms with van der Waals surface area (Å²) in [6.45, 7) is -0.697. The molecule has 0 bridgehead atoms. The van der Waals surface area contributed by atoms with Gasteiger partial charge in [0.05, 0.1) is 17.6 Å². The topological polar surface area (TPSA) is 137 Å². The minimum absolute atomic E-state index is 0.0257. The van der Waals surface area contributed by atoms with Gasteiger partial charge in [-0.25, -0.2) is 4.79 Å². The molecule has 0 fully saturated rings.